The van der Waals surface area contributed by atoms with Gasteiger partial charge in [0.25, 0.3) is 0 Å². The Balaban J connectivity index is 1.98. The van der Waals surface area contributed by atoms with E-state index in [-0.39, 0.29) is 12.1 Å². The van der Waals surface area contributed by atoms with Crippen LogP contribution >= 0.6 is 11.3 Å². The number of nitrogens with zero attached hydrogens (tertiary/aromatic N) is 1. The third-order valence-electron chi connectivity index (χ3n) is 3.17. The number of carboxylic acid groups (broad SMARTS) is 1. The zero-order valence-electron chi connectivity index (χ0n) is 10.4. The molecule has 1 atom stereocenters. The van der Waals surface area contributed by atoms with Gasteiger partial charge in [-0.05, 0) is 24.3 Å². The lowest BCUT2D eigenvalue weighted by Gasteiger charge is -2.31. The summed E-state index contributed by atoms with van der Waals surface area (Å²) in [7, 11) is 0. The molecule has 1 aliphatic rings. The molecule has 2 amide bonds. The van der Waals surface area contributed by atoms with Crippen molar-refractivity contribution in [1.29, 1.82) is 0 Å². The second kappa shape index (κ2) is 6.03. The van der Waals surface area contributed by atoms with Gasteiger partial charge in [-0.15, -0.1) is 11.3 Å². The predicted molar refractivity (Wildman–Crippen MR) is 72.0 cm³/mol. The van der Waals surface area contributed by atoms with Crippen LogP contribution < -0.4 is 11.1 Å². The van der Waals surface area contributed by atoms with Gasteiger partial charge < -0.3 is 21.1 Å². The lowest BCUT2D eigenvalue weighted by molar-refractivity contribution is -0.139. The molecule has 1 aliphatic heterocycles. The van der Waals surface area contributed by atoms with Crippen LogP contribution in [-0.2, 0) is 4.79 Å². The standard InChI is InChI=1S/C12H17N3O3S/c13-8-3-5-15(6-4-8)12(18)14-10(11(16)17)9-2-1-7-19-9/h1-2,7-8,10H,3-6,13H2,(H,14,18)(H,16,17). The number of piperidine rings is 1. The maximum absolute atomic E-state index is 12.0. The molecule has 0 aliphatic carbocycles. The highest BCUT2D eigenvalue weighted by Gasteiger charge is 2.27. The van der Waals surface area contributed by atoms with E-state index >= 15 is 0 Å². The molecule has 1 fully saturated rings. The Morgan fingerprint density at radius 1 is 1.47 bits per heavy atom. The fraction of sp³-hybridized carbons (Fsp3) is 0.500. The molecule has 0 radical (unpaired) electrons. The SMILES string of the molecule is NC1CCN(C(=O)NC(C(=O)O)c2cccs2)CC1. The monoisotopic (exact) mass is 283 g/mol. The van der Waals surface area contributed by atoms with Crippen LogP contribution in [0.2, 0.25) is 0 Å². The van der Waals surface area contributed by atoms with E-state index in [0.29, 0.717) is 18.0 Å². The predicted octanol–water partition coefficient (Wildman–Crippen LogP) is 1.01. The van der Waals surface area contributed by atoms with E-state index in [0.717, 1.165) is 12.8 Å². The molecule has 19 heavy (non-hydrogen) atoms. The van der Waals surface area contributed by atoms with Crippen LogP contribution in [0.4, 0.5) is 4.79 Å². The molecule has 1 unspecified atom stereocenters. The summed E-state index contributed by atoms with van der Waals surface area (Å²) in [5.74, 6) is -1.05. The maximum Gasteiger partial charge on any atom is 0.331 e. The van der Waals surface area contributed by atoms with E-state index in [1.807, 2.05) is 0 Å². The first-order valence-electron chi connectivity index (χ1n) is 6.15. The van der Waals surface area contributed by atoms with Crippen molar-refractivity contribution in [3.05, 3.63) is 22.4 Å². The minimum atomic E-state index is -1.05. The lowest BCUT2D eigenvalue weighted by atomic mass is 10.1. The molecule has 0 aromatic carbocycles. The number of carbonyl (C=O) groups is 2. The van der Waals surface area contributed by atoms with E-state index in [4.69, 9.17) is 5.73 Å². The molecule has 7 heteroatoms. The van der Waals surface area contributed by atoms with Gasteiger partial charge in [0, 0.05) is 24.0 Å². The minimum Gasteiger partial charge on any atom is -0.479 e. The second-order valence-electron chi connectivity index (χ2n) is 4.56. The zero-order chi connectivity index (χ0) is 13.8. The number of hydrogen-bond acceptors (Lipinski definition) is 4. The average molecular weight is 283 g/mol. The van der Waals surface area contributed by atoms with Gasteiger partial charge in [-0.3, -0.25) is 0 Å². The average Bonchev–Trinajstić information content (AvgIpc) is 2.89. The molecule has 1 saturated heterocycles. The number of nitrogens with two attached hydrogens (primary N) is 1. The number of amides is 2. The molecule has 104 valence electrons. The van der Waals surface area contributed by atoms with Gasteiger partial charge in [-0.1, -0.05) is 6.07 Å². The van der Waals surface area contributed by atoms with Crippen molar-refractivity contribution in [2.45, 2.75) is 24.9 Å². The van der Waals surface area contributed by atoms with Crippen molar-refractivity contribution in [2.75, 3.05) is 13.1 Å². The van der Waals surface area contributed by atoms with Crippen molar-refractivity contribution >= 4 is 23.3 Å². The molecule has 2 rings (SSSR count). The molecular weight excluding hydrogens is 266 g/mol. The summed E-state index contributed by atoms with van der Waals surface area (Å²) in [5, 5.41) is 13.5. The Morgan fingerprint density at radius 3 is 2.68 bits per heavy atom. The smallest absolute Gasteiger partial charge is 0.331 e. The first-order valence-corrected chi connectivity index (χ1v) is 7.03. The van der Waals surface area contributed by atoms with E-state index < -0.39 is 12.0 Å². The minimum absolute atomic E-state index is 0.136. The second-order valence-corrected chi connectivity index (χ2v) is 5.54. The number of thiophene rings is 1. The normalized spacial score (nSPS) is 18.1. The van der Waals surface area contributed by atoms with Crippen molar-refractivity contribution in [1.82, 2.24) is 10.2 Å². The molecular formula is C12H17N3O3S. The summed E-state index contributed by atoms with van der Waals surface area (Å²) in [6, 6.07) is 2.28. The van der Waals surface area contributed by atoms with Crippen LogP contribution in [0.3, 0.4) is 0 Å². The Kier molecular flexibility index (Phi) is 4.39. The molecule has 4 N–H and O–H groups in total. The van der Waals surface area contributed by atoms with Gasteiger partial charge >= 0.3 is 12.0 Å². The van der Waals surface area contributed by atoms with Gasteiger partial charge in [-0.2, -0.15) is 0 Å². The highest BCUT2D eigenvalue weighted by Crippen LogP contribution is 2.20. The van der Waals surface area contributed by atoms with E-state index in [1.165, 1.54) is 11.3 Å². The third kappa shape index (κ3) is 3.45. The summed E-state index contributed by atoms with van der Waals surface area (Å²) in [6.45, 7) is 1.15. The van der Waals surface area contributed by atoms with Crippen LogP contribution in [-0.4, -0.2) is 41.1 Å². The molecule has 0 spiro atoms. The van der Waals surface area contributed by atoms with Crippen molar-refractivity contribution in [2.24, 2.45) is 5.73 Å². The number of carbonyl (C=O) groups excluding carboxylic acids is 1. The Labute approximate surface area is 115 Å². The largest absolute Gasteiger partial charge is 0.479 e. The van der Waals surface area contributed by atoms with Crippen LogP contribution in [0, 0.1) is 0 Å². The van der Waals surface area contributed by atoms with Crippen LogP contribution in [0.1, 0.15) is 23.8 Å². The number of nitrogens with one attached hydrogen (secondary N) is 1. The van der Waals surface area contributed by atoms with Crippen LogP contribution in [0.15, 0.2) is 17.5 Å². The third-order valence-corrected chi connectivity index (χ3v) is 4.11. The lowest BCUT2D eigenvalue weighted by Crippen LogP contribution is -2.48. The fourth-order valence-corrected chi connectivity index (χ4v) is 2.79. The van der Waals surface area contributed by atoms with Gasteiger partial charge in [0.15, 0.2) is 6.04 Å². The number of rotatable bonds is 3. The Hall–Kier alpha value is -1.60. The summed E-state index contributed by atoms with van der Waals surface area (Å²) in [6.07, 6.45) is 1.51. The van der Waals surface area contributed by atoms with E-state index in [2.05, 4.69) is 5.32 Å². The quantitative estimate of drug-likeness (QED) is 0.771. The zero-order valence-corrected chi connectivity index (χ0v) is 11.2. The highest BCUT2D eigenvalue weighted by atomic mass is 32.1. The topological polar surface area (TPSA) is 95.7 Å². The first-order chi connectivity index (χ1) is 9.08. The highest BCUT2D eigenvalue weighted by molar-refractivity contribution is 7.10. The van der Waals surface area contributed by atoms with Crippen molar-refractivity contribution in [3.63, 3.8) is 0 Å². The number of aliphatic carboxylic acids is 1. The molecule has 6 nitrogen and oxygen atoms in total. The van der Waals surface area contributed by atoms with Crippen LogP contribution in [0.5, 0.6) is 0 Å². The maximum atomic E-state index is 12.0. The summed E-state index contributed by atoms with van der Waals surface area (Å²) < 4.78 is 0. The van der Waals surface area contributed by atoms with Gasteiger partial charge in [-0.25, -0.2) is 9.59 Å². The van der Waals surface area contributed by atoms with Crippen molar-refractivity contribution in [3.8, 4) is 0 Å². The fourth-order valence-electron chi connectivity index (χ4n) is 2.03. The number of hydrogen-bond donors (Lipinski definition) is 3. The molecule has 0 saturated carbocycles. The van der Waals surface area contributed by atoms with Crippen molar-refractivity contribution < 1.29 is 14.7 Å². The van der Waals surface area contributed by atoms with Crippen LogP contribution in [0.25, 0.3) is 0 Å². The Morgan fingerprint density at radius 2 is 2.16 bits per heavy atom. The number of urea groups is 1. The summed E-state index contributed by atoms with van der Waals surface area (Å²) in [5.41, 5.74) is 5.77. The van der Waals surface area contributed by atoms with Gasteiger partial charge in [0.2, 0.25) is 0 Å². The number of likely N-dealkylation sites (tertiary alicyclic amines) is 1. The van der Waals surface area contributed by atoms with E-state index in [1.54, 1.807) is 22.4 Å². The molecule has 2 heterocycles. The Bertz CT molecular complexity index is 441. The molecule has 0 bridgehead atoms. The first kappa shape index (κ1) is 13.8. The van der Waals surface area contributed by atoms with Gasteiger partial charge in [0.1, 0.15) is 0 Å². The summed E-state index contributed by atoms with van der Waals surface area (Å²) in [4.78, 5) is 25.5. The molecule has 1 aromatic heterocycles. The van der Waals surface area contributed by atoms with Gasteiger partial charge in [0.05, 0.1) is 0 Å². The molecule has 1 aromatic rings. The number of carboxylic acids is 1. The summed E-state index contributed by atoms with van der Waals surface area (Å²) >= 11 is 1.31. The van der Waals surface area contributed by atoms with E-state index in [9.17, 15) is 14.7 Å².